The van der Waals surface area contributed by atoms with Gasteiger partial charge in [-0.3, -0.25) is 9.48 Å². The van der Waals surface area contributed by atoms with Gasteiger partial charge >= 0.3 is 0 Å². The van der Waals surface area contributed by atoms with Gasteiger partial charge in [0.1, 0.15) is 5.15 Å². The van der Waals surface area contributed by atoms with E-state index in [1.807, 2.05) is 19.1 Å². The first kappa shape index (κ1) is 22.4. The zero-order chi connectivity index (χ0) is 21.8. The molecule has 0 spiro atoms. The predicted molar refractivity (Wildman–Crippen MR) is 125 cm³/mol. The maximum Gasteiger partial charge on any atom is 0.248 e. The molecule has 2 aromatic rings. The van der Waals surface area contributed by atoms with Crippen molar-refractivity contribution in [2.24, 2.45) is 5.92 Å². The lowest BCUT2D eigenvalue weighted by molar-refractivity contribution is -0.111. The Hall–Kier alpha value is -2.31. The summed E-state index contributed by atoms with van der Waals surface area (Å²) in [7, 11) is 2.15. The van der Waals surface area contributed by atoms with Crippen LogP contribution in [0.1, 0.15) is 30.7 Å². The van der Waals surface area contributed by atoms with E-state index in [1.54, 1.807) is 10.8 Å². The Morgan fingerprint density at radius 1 is 1.23 bits per heavy atom. The minimum atomic E-state index is -0.186. The fourth-order valence-electron chi connectivity index (χ4n) is 3.70. The summed E-state index contributed by atoms with van der Waals surface area (Å²) in [6, 6.07) is 6.08. The van der Waals surface area contributed by atoms with Crippen LogP contribution in [-0.4, -0.2) is 53.8 Å². The molecule has 1 aromatic carbocycles. The fourth-order valence-corrected chi connectivity index (χ4v) is 4.01. The van der Waals surface area contributed by atoms with Crippen molar-refractivity contribution in [3.05, 3.63) is 46.2 Å². The molecule has 3 rings (SSSR count). The quantitative estimate of drug-likeness (QED) is 0.699. The Bertz CT molecular complexity index is 926. The maximum absolute atomic E-state index is 12.4. The third-order valence-electron chi connectivity index (χ3n) is 5.36. The molecule has 1 aliphatic heterocycles. The summed E-state index contributed by atoms with van der Waals surface area (Å²) < 4.78 is 1.79. The standard InChI is InChI=1S/C23H32ClN5O/c1-16(2)15-29-23(24)20(18(4)26-29)7-9-22(30)25-19-6-8-21(17(3)14-19)28-12-10-27(5)11-13-28/h6-9,14,16H,10-13,15H2,1-5H3,(H,25,30). The van der Waals surface area contributed by atoms with Gasteiger partial charge in [-0.25, -0.2) is 0 Å². The summed E-state index contributed by atoms with van der Waals surface area (Å²) >= 11 is 6.45. The second-order valence-electron chi connectivity index (χ2n) is 8.48. The van der Waals surface area contributed by atoms with Crippen molar-refractivity contribution in [3.63, 3.8) is 0 Å². The van der Waals surface area contributed by atoms with Crippen LogP contribution < -0.4 is 10.2 Å². The van der Waals surface area contributed by atoms with Crippen LogP contribution in [-0.2, 0) is 11.3 Å². The number of amides is 1. The monoisotopic (exact) mass is 429 g/mol. The number of hydrogen-bond donors (Lipinski definition) is 1. The van der Waals surface area contributed by atoms with E-state index in [-0.39, 0.29) is 5.91 Å². The summed E-state index contributed by atoms with van der Waals surface area (Å²) in [5, 5.41) is 7.99. The molecule has 1 fully saturated rings. The van der Waals surface area contributed by atoms with Gasteiger partial charge in [-0.15, -0.1) is 0 Å². The first-order valence-electron chi connectivity index (χ1n) is 10.5. The topological polar surface area (TPSA) is 53.4 Å². The van der Waals surface area contributed by atoms with Crippen molar-refractivity contribution in [3.8, 4) is 0 Å². The molecule has 2 heterocycles. The molecule has 7 heteroatoms. The van der Waals surface area contributed by atoms with Crippen LogP contribution >= 0.6 is 11.6 Å². The van der Waals surface area contributed by atoms with Crippen molar-refractivity contribution in [1.82, 2.24) is 14.7 Å². The highest BCUT2D eigenvalue weighted by Crippen LogP contribution is 2.25. The third kappa shape index (κ3) is 5.43. The van der Waals surface area contributed by atoms with Gasteiger partial charge in [0.2, 0.25) is 5.91 Å². The molecule has 30 heavy (non-hydrogen) atoms. The van der Waals surface area contributed by atoms with Crippen molar-refractivity contribution >= 4 is 35.0 Å². The maximum atomic E-state index is 12.4. The molecule has 1 amide bonds. The molecular weight excluding hydrogens is 398 g/mol. The van der Waals surface area contributed by atoms with E-state index in [9.17, 15) is 4.79 Å². The Kier molecular flexibility index (Phi) is 7.21. The van der Waals surface area contributed by atoms with Gasteiger partial charge < -0.3 is 15.1 Å². The van der Waals surface area contributed by atoms with E-state index in [0.29, 0.717) is 11.1 Å². The van der Waals surface area contributed by atoms with Crippen LogP contribution in [0.25, 0.3) is 6.08 Å². The summed E-state index contributed by atoms with van der Waals surface area (Å²) in [5.74, 6) is 0.257. The molecule has 0 unspecified atom stereocenters. The highest BCUT2D eigenvalue weighted by molar-refractivity contribution is 6.31. The van der Waals surface area contributed by atoms with Gasteiger partial charge in [0.25, 0.3) is 0 Å². The molecular formula is C23H32ClN5O. The number of carbonyl (C=O) groups is 1. The largest absolute Gasteiger partial charge is 0.369 e. The predicted octanol–water partition coefficient (Wildman–Crippen LogP) is 4.21. The Labute approximate surface area is 184 Å². The number of nitrogens with zero attached hydrogens (tertiary/aromatic N) is 4. The number of hydrogen-bond acceptors (Lipinski definition) is 4. The summed E-state index contributed by atoms with van der Waals surface area (Å²) in [6.45, 7) is 13.2. The van der Waals surface area contributed by atoms with Gasteiger partial charge in [0.15, 0.2) is 0 Å². The first-order chi connectivity index (χ1) is 14.2. The van der Waals surface area contributed by atoms with Gasteiger partial charge in [0.05, 0.1) is 5.69 Å². The number of carbonyl (C=O) groups excluding carboxylic acids is 1. The van der Waals surface area contributed by atoms with E-state index < -0.39 is 0 Å². The molecule has 0 saturated carbocycles. The number of aryl methyl sites for hydroxylation is 2. The van der Waals surface area contributed by atoms with E-state index in [4.69, 9.17) is 11.6 Å². The lowest BCUT2D eigenvalue weighted by atomic mass is 10.1. The average Bonchev–Trinajstić information content (AvgIpc) is 2.93. The van der Waals surface area contributed by atoms with Gasteiger partial charge in [-0.2, -0.15) is 5.10 Å². The number of rotatable bonds is 6. The van der Waals surface area contributed by atoms with Crippen LogP contribution in [0.3, 0.4) is 0 Å². The molecule has 1 aromatic heterocycles. The number of benzene rings is 1. The number of aromatic nitrogens is 2. The second kappa shape index (κ2) is 9.67. The third-order valence-corrected chi connectivity index (χ3v) is 5.76. The normalized spacial score (nSPS) is 15.4. The van der Waals surface area contributed by atoms with Gasteiger partial charge in [-0.1, -0.05) is 25.4 Å². The van der Waals surface area contributed by atoms with Crippen molar-refractivity contribution in [2.75, 3.05) is 43.4 Å². The lowest BCUT2D eigenvalue weighted by Gasteiger charge is -2.35. The van der Waals surface area contributed by atoms with Gasteiger partial charge in [0, 0.05) is 55.7 Å². The Morgan fingerprint density at radius 2 is 1.93 bits per heavy atom. The van der Waals surface area contributed by atoms with E-state index in [1.165, 1.54) is 11.8 Å². The molecule has 0 aliphatic carbocycles. The highest BCUT2D eigenvalue weighted by atomic mass is 35.5. The Balaban J connectivity index is 1.65. The van der Waals surface area contributed by atoms with Crippen molar-refractivity contribution < 1.29 is 4.79 Å². The minimum Gasteiger partial charge on any atom is -0.369 e. The van der Waals surface area contributed by atoms with Crippen molar-refractivity contribution in [1.29, 1.82) is 0 Å². The second-order valence-corrected chi connectivity index (χ2v) is 8.84. The number of piperazine rings is 1. The molecule has 0 atom stereocenters. The van der Waals surface area contributed by atoms with Crippen LogP contribution in [0, 0.1) is 19.8 Å². The average molecular weight is 430 g/mol. The molecule has 6 nitrogen and oxygen atoms in total. The van der Waals surface area contributed by atoms with Crippen LogP contribution in [0.2, 0.25) is 5.15 Å². The Morgan fingerprint density at radius 3 is 2.57 bits per heavy atom. The zero-order valence-corrected chi connectivity index (χ0v) is 19.3. The molecule has 1 N–H and O–H groups in total. The van der Waals surface area contributed by atoms with E-state index >= 15 is 0 Å². The number of halogens is 1. The smallest absolute Gasteiger partial charge is 0.248 e. The van der Waals surface area contributed by atoms with Crippen LogP contribution in [0.15, 0.2) is 24.3 Å². The van der Waals surface area contributed by atoms with Crippen LogP contribution in [0.5, 0.6) is 0 Å². The molecule has 162 valence electrons. The highest BCUT2D eigenvalue weighted by Gasteiger charge is 2.16. The number of likely N-dealkylation sites (N-methyl/N-ethyl adjacent to an activating group) is 1. The molecule has 0 bridgehead atoms. The zero-order valence-electron chi connectivity index (χ0n) is 18.6. The fraction of sp³-hybridized carbons (Fsp3) is 0.478. The van der Waals surface area contributed by atoms with E-state index in [2.05, 4.69) is 54.1 Å². The molecule has 1 aliphatic rings. The van der Waals surface area contributed by atoms with Gasteiger partial charge in [-0.05, 0) is 56.7 Å². The SMILES string of the molecule is Cc1cc(NC(=O)C=Cc2c(C)nn(CC(C)C)c2Cl)ccc1N1CCN(C)CC1. The summed E-state index contributed by atoms with van der Waals surface area (Å²) in [6.07, 6.45) is 3.25. The summed E-state index contributed by atoms with van der Waals surface area (Å²) in [4.78, 5) is 17.2. The first-order valence-corrected chi connectivity index (χ1v) is 10.9. The molecule has 1 saturated heterocycles. The van der Waals surface area contributed by atoms with E-state index in [0.717, 1.165) is 55.2 Å². The van der Waals surface area contributed by atoms with Crippen molar-refractivity contribution in [2.45, 2.75) is 34.2 Å². The van der Waals surface area contributed by atoms with Crippen LogP contribution in [0.4, 0.5) is 11.4 Å². The lowest BCUT2D eigenvalue weighted by Crippen LogP contribution is -2.44. The number of nitrogens with one attached hydrogen (secondary N) is 1. The number of anilines is 2. The molecule has 0 radical (unpaired) electrons. The summed E-state index contributed by atoms with van der Waals surface area (Å²) in [5.41, 5.74) is 4.79. The minimum absolute atomic E-state index is 0.186.